The zero-order chi connectivity index (χ0) is 17.7. The molecule has 0 radical (unpaired) electrons. The van der Waals surface area contributed by atoms with Crippen molar-refractivity contribution in [2.45, 2.75) is 37.8 Å². The van der Waals surface area contributed by atoms with E-state index >= 15 is 0 Å². The summed E-state index contributed by atoms with van der Waals surface area (Å²) in [7, 11) is 0. The van der Waals surface area contributed by atoms with Gasteiger partial charge in [0, 0.05) is 23.3 Å². The first-order chi connectivity index (χ1) is 11.3. The summed E-state index contributed by atoms with van der Waals surface area (Å²) in [6.45, 7) is 6.61. The van der Waals surface area contributed by atoms with Crippen LogP contribution in [0.2, 0.25) is 0 Å². The van der Waals surface area contributed by atoms with E-state index < -0.39 is 4.92 Å². The Bertz CT molecular complexity index is 694. The van der Waals surface area contributed by atoms with Gasteiger partial charge in [-0.05, 0) is 18.6 Å². The van der Waals surface area contributed by atoms with Gasteiger partial charge in [0.25, 0.3) is 5.69 Å². The molecule has 2 N–H and O–H groups in total. The normalized spacial score (nSPS) is 11.5. The van der Waals surface area contributed by atoms with Crippen molar-refractivity contribution in [2.75, 3.05) is 18.2 Å². The summed E-state index contributed by atoms with van der Waals surface area (Å²) in [5.74, 6) is 8.16. The van der Waals surface area contributed by atoms with Crippen molar-refractivity contribution < 1.29 is 9.66 Å². The number of thioether (sulfide) groups is 1. The predicted octanol–water partition coefficient (Wildman–Crippen LogP) is 2.76. The summed E-state index contributed by atoms with van der Waals surface area (Å²) in [4.78, 5) is 10.1. The molecule has 0 saturated carbocycles. The van der Waals surface area contributed by atoms with Crippen molar-refractivity contribution in [1.82, 2.24) is 14.9 Å². The molecule has 130 valence electrons. The van der Waals surface area contributed by atoms with E-state index in [4.69, 9.17) is 10.6 Å². The molecule has 2 rings (SSSR count). The van der Waals surface area contributed by atoms with E-state index in [9.17, 15) is 10.1 Å². The van der Waals surface area contributed by atoms with Crippen LogP contribution in [0, 0.1) is 10.1 Å². The summed E-state index contributed by atoms with van der Waals surface area (Å²) in [5, 5.41) is 19.5. The summed E-state index contributed by atoms with van der Waals surface area (Å²) >= 11 is 1.52. The Labute approximate surface area is 144 Å². The van der Waals surface area contributed by atoms with Gasteiger partial charge in [-0.3, -0.25) is 10.1 Å². The lowest BCUT2D eigenvalue weighted by molar-refractivity contribution is -0.384. The number of hydrogen-bond donors (Lipinski definition) is 1. The molecule has 1 aromatic carbocycles. The van der Waals surface area contributed by atoms with Gasteiger partial charge < -0.3 is 10.6 Å². The second-order valence-electron chi connectivity index (χ2n) is 6.23. The fraction of sp³-hybridized carbons (Fsp3) is 0.467. The lowest BCUT2D eigenvalue weighted by Crippen LogP contribution is -2.24. The molecule has 0 saturated heterocycles. The minimum Gasteiger partial charge on any atom is -0.494 e. The number of nitro groups is 1. The molecule has 0 fully saturated rings. The molecule has 9 heteroatoms. The second kappa shape index (κ2) is 7.52. The predicted molar refractivity (Wildman–Crippen MR) is 92.8 cm³/mol. The van der Waals surface area contributed by atoms with E-state index in [1.807, 2.05) is 20.8 Å². The third-order valence-electron chi connectivity index (χ3n) is 3.17. The highest BCUT2D eigenvalue weighted by molar-refractivity contribution is 7.99. The van der Waals surface area contributed by atoms with E-state index in [1.54, 1.807) is 12.1 Å². The molecule has 2 aromatic rings. The number of non-ortho nitro benzene ring substituents is 1. The summed E-state index contributed by atoms with van der Waals surface area (Å²) < 4.78 is 7.09. The SMILES string of the molecule is CC(C)(C)c1nnc(SCCCOc2ccc([N+](=O)[O-])cc2)n1N. The average Bonchev–Trinajstić information content (AvgIpc) is 2.88. The van der Waals surface area contributed by atoms with Gasteiger partial charge in [-0.1, -0.05) is 32.5 Å². The highest BCUT2D eigenvalue weighted by Crippen LogP contribution is 2.23. The van der Waals surface area contributed by atoms with E-state index in [2.05, 4.69) is 10.2 Å². The number of benzene rings is 1. The van der Waals surface area contributed by atoms with Gasteiger partial charge in [0.05, 0.1) is 11.5 Å². The van der Waals surface area contributed by atoms with Gasteiger partial charge in [-0.25, -0.2) is 4.68 Å². The summed E-state index contributed by atoms with van der Waals surface area (Å²) in [6, 6.07) is 6.04. The maximum absolute atomic E-state index is 10.6. The topological polar surface area (TPSA) is 109 Å². The van der Waals surface area contributed by atoms with E-state index in [1.165, 1.54) is 28.6 Å². The quantitative estimate of drug-likeness (QED) is 0.268. The monoisotopic (exact) mass is 351 g/mol. The van der Waals surface area contributed by atoms with Crippen LogP contribution in [0.1, 0.15) is 33.0 Å². The van der Waals surface area contributed by atoms with Crippen molar-refractivity contribution in [3.8, 4) is 5.75 Å². The number of rotatable bonds is 7. The Morgan fingerprint density at radius 2 is 1.96 bits per heavy atom. The van der Waals surface area contributed by atoms with Gasteiger partial charge in [0.1, 0.15) is 5.75 Å². The Hall–Kier alpha value is -2.29. The third kappa shape index (κ3) is 4.60. The maximum atomic E-state index is 10.6. The molecule has 0 aliphatic rings. The highest BCUT2D eigenvalue weighted by atomic mass is 32.2. The molecule has 0 spiro atoms. The number of nitro benzene ring substituents is 1. The third-order valence-corrected chi connectivity index (χ3v) is 4.20. The molecule has 0 aliphatic carbocycles. The van der Waals surface area contributed by atoms with Gasteiger partial charge in [-0.15, -0.1) is 10.2 Å². The number of nitrogen functional groups attached to an aromatic ring is 1. The largest absolute Gasteiger partial charge is 0.494 e. The van der Waals surface area contributed by atoms with E-state index in [0.29, 0.717) is 17.5 Å². The van der Waals surface area contributed by atoms with Crippen LogP contribution < -0.4 is 10.6 Å². The first-order valence-electron chi connectivity index (χ1n) is 7.50. The molecule has 0 amide bonds. The minimum absolute atomic E-state index is 0.0508. The van der Waals surface area contributed by atoms with Crippen LogP contribution in [0.25, 0.3) is 0 Å². The Balaban J connectivity index is 1.75. The Morgan fingerprint density at radius 1 is 1.29 bits per heavy atom. The standard InChI is InChI=1S/C15H21N5O3S/c1-15(2,3)13-17-18-14(19(13)16)24-10-4-9-23-12-7-5-11(6-8-12)20(21)22/h5-8H,4,9-10,16H2,1-3H3. The summed E-state index contributed by atoms with van der Waals surface area (Å²) in [6.07, 6.45) is 0.791. The van der Waals surface area contributed by atoms with Gasteiger partial charge in [-0.2, -0.15) is 0 Å². The van der Waals surface area contributed by atoms with Crippen LogP contribution >= 0.6 is 11.8 Å². The maximum Gasteiger partial charge on any atom is 0.269 e. The molecular formula is C15H21N5O3S. The molecule has 24 heavy (non-hydrogen) atoms. The number of nitrogens with zero attached hydrogens (tertiary/aromatic N) is 4. The molecule has 1 heterocycles. The minimum atomic E-state index is -0.435. The van der Waals surface area contributed by atoms with Crippen molar-refractivity contribution in [3.05, 3.63) is 40.2 Å². The molecule has 1 aromatic heterocycles. The van der Waals surface area contributed by atoms with Gasteiger partial charge in [0.15, 0.2) is 5.82 Å². The number of ether oxygens (including phenoxy) is 1. The fourth-order valence-electron chi connectivity index (χ4n) is 1.96. The van der Waals surface area contributed by atoms with Crippen molar-refractivity contribution >= 4 is 17.4 Å². The van der Waals surface area contributed by atoms with Crippen LogP contribution in [0.5, 0.6) is 5.75 Å². The van der Waals surface area contributed by atoms with Gasteiger partial charge >= 0.3 is 0 Å². The lowest BCUT2D eigenvalue weighted by atomic mass is 9.96. The van der Waals surface area contributed by atoms with Crippen LogP contribution in [0.3, 0.4) is 0 Å². The van der Waals surface area contributed by atoms with Crippen LogP contribution in [-0.2, 0) is 5.41 Å². The molecule has 0 bridgehead atoms. The van der Waals surface area contributed by atoms with Crippen molar-refractivity contribution in [3.63, 3.8) is 0 Å². The van der Waals surface area contributed by atoms with E-state index in [0.717, 1.165) is 18.0 Å². The molecule has 0 unspecified atom stereocenters. The zero-order valence-electron chi connectivity index (χ0n) is 13.9. The zero-order valence-corrected chi connectivity index (χ0v) is 14.7. The van der Waals surface area contributed by atoms with E-state index in [-0.39, 0.29) is 11.1 Å². The number of nitrogens with two attached hydrogens (primary N) is 1. The molecule has 0 atom stereocenters. The smallest absolute Gasteiger partial charge is 0.269 e. The first-order valence-corrected chi connectivity index (χ1v) is 8.48. The summed E-state index contributed by atoms with van der Waals surface area (Å²) in [5.41, 5.74) is -0.102. The van der Waals surface area contributed by atoms with Crippen LogP contribution in [0.4, 0.5) is 5.69 Å². The highest BCUT2D eigenvalue weighted by Gasteiger charge is 2.22. The first kappa shape index (κ1) is 18.1. The second-order valence-corrected chi connectivity index (χ2v) is 7.29. The van der Waals surface area contributed by atoms with Crippen molar-refractivity contribution in [2.24, 2.45) is 0 Å². The van der Waals surface area contributed by atoms with Crippen molar-refractivity contribution in [1.29, 1.82) is 0 Å². The van der Waals surface area contributed by atoms with Crippen LogP contribution in [0.15, 0.2) is 29.4 Å². The average molecular weight is 351 g/mol. The molecular weight excluding hydrogens is 330 g/mol. The fourth-order valence-corrected chi connectivity index (χ4v) is 2.73. The number of hydrogen-bond acceptors (Lipinski definition) is 7. The Morgan fingerprint density at radius 3 is 2.50 bits per heavy atom. The lowest BCUT2D eigenvalue weighted by Gasteiger charge is -2.16. The van der Waals surface area contributed by atoms with Crippen LogP contribution in [-0.4, -0.2) is 32.2 Å². The Kier molecular flexibility index (Phi) is 5.66. The molecule has 0 aliphatic heterocycles. The van der Waals surface area contributed by atoms with Gasteiger partial charge in [0.2, 0.25) is 5.16 Å². The number of aromatic nitrogens is 3. The molecule has 8 nitrogen and oxygen atoms in total.